The number of benzene rings is 1. The predicted molar refractivity (Wildman–Crippen MR) is 75.3 cm³/mol. The third kappa shape index (κ3) is 2.86. The van der Waals surface area contributed by atoms with Gasteiger partial charge in [-0.3, -0.25) is 9.59 Å². The van der Waals surface area contributed by atoms with Crippen LogP contribution in [0.3, 0.4) is 0 Å². The van der Waals surface area contributed by atoms with Crippen LogP contribution in [-0.2, 0) is 4.79 Å². The molecule has 0 bridgehead atoms. The summed E-state index contributed by atoms with van der Waals surface area (Å²) in [7, 11) is 0. The predicted octanol–water partition coefficient (Wildman–Crippen LogP) is 1.14. The number of hydrogen-bond donors (Lipinski definition) is 1. The van der Waals surface area contributed by atoms with E-state index >= 15 is 0 Å². The van der Waals surface area contributed by atoms with E-state index in [1.165, 1.54) is 6.92 Å². The highest BCUT2D eigenvalue weighted by atomic mass is 16.2. The zero-order valence-electron chi connectivity index (χ0n) is 11.3. The Bertz CT molecular complexity index is 505. The van der Waals surface area contributed by atoms with E-state index in [0.717, 1.165) is 31.9 Å². The van der Waals surface area contributed by atoms with E-state index in [2.05, 4.69) is 4.90 Å². The van der Waals surface area contributed by atoms with Crippen LogP contribution >= 0.6 is 0 Å². The molecule has 2 rings (SSSR count). The minimum Gasteiger partial charge on any atom is -0.398 e. The number of nitrogens with two attached hydrogens (primary N) is 1. The van der Waals surface area contributed by atoms with E-state index in [9.17, 15) is 9.59 Å². The molecule has 1 aromatic carbocycles. The Morgan fingerprint density at radius 2 is 1.74 bits per heavy atom. The van der Waals surface area contributed by atoms with Gasteiger partial charge in [-0.15, -0.1) is 0 Å². The van der Waals surface area contributed by atoms with Crippen LogP contribution in [0, 0.1) is 0 Å². The number of amides is 1. The van der Waals surface area contributed by atoms with Crippen molar-refractivity contribution in [1.82, 2.24) is 4.90 Å². The van der Waals surface area contributed by atoms with E-state index < -0.39 is 0 Å². The molecule has 5 heteroatoms. The summed E-state index contributed by atoms with van der Waals surface area (Å²) in [6, 6.07) is 5.52. The van der Waals surface area contributed by atoms with Gasteiger partial charge in [-0.25, -0.2) is 0 Å². The maximum atomic E-state index is 11.5. The van der Waals surface area contributed by atoms with E-state index in [4.69, 9.17) is 5.73 Å². The Morgan fingerprint density at radius 3 is 2.26 bits per heavy atom. The number of nitrogen functional groups attached to an aromatic ring is 1. The van der Waals surface area contributed by atoms with Crippen molar-refractivity contribution in [3.05, 3.63) is 23.8 Å². The molecule has 0 unspecified atom stereocenters. The first-order chi connectivity index (χ1) is 8.99. The minimum absolute atomic E-state index is 0.0262. The second-order valence-corrected chi connectivity index (χ2v) is 4.82. The molecule has 0 aromatic heterocycles. The molecule has 0 saturated carbocycles. The number of piperazine rings is 1. The molecular weight excluding hydrogens is 242 g/mol. The fourth-order valence-electron chi connectivity index (χ4n) is 2.33. The van der Waals surface area contributed by atoms with Gasteiger partial charge in [0.15, 0.2) is 5.78 Å². The molecule has 1 aromatic rings. The first-order valence-corrected chi connectivity index (χ1v) is 6.40. The van der Waals surface area contributed by atoms with Crippen molar-refractivity contribution in [3.8, 4) is 0 Å². The molecule has 1 heterocycles. The van der Waals surface area contributed by atoms with Crippen molar-refractivity contribution in [2.24, 2.45) is 0 Å². The maximum absolute atomic E-state index is 11.5. The van der Waals surface area contributed by atoms with Gasteiger partial charge < -0.3 is 15.5 Å². The summed E-state index contributed by atoms with van der Waals surface area (Å²) < 4.78 is 0. The van der Waals surface area contributed by atoms with Crippen molar-refractivity contribution in [1.29, 1.82) is 0 Å². The number of anilines is 2. The Balaban J connectivity index is 2.14. The fourth-order valence-corrected chi connectivity index (χ4v) is 2.33. The van der Waals surface area contributed by atoms with Crippen LogP contribution in [0.25, 0.3) is 0 Å². The summed E-state index contributed by atoms with van der Waals surface area (Å²) in [5.41, 5.74) is 7.85. The lowest BCUT2D eigenvalue weighted by molar-refractivity contribution is -0.129. The van der Waals surface area contributed by atoms with Crippen molar-refractivity contribution in [2.45, 2.75) is 13.8 Å². The molecular formula is C14H19N3O2. The molecule has 0 radical (unpaired) electrons. The number of hydrogen-bond acceptors (Lipinski definition) is 4. The van der Waals surface area contributed by atoms with Crippen LogP contribution in [0.1, 0.15) is 24.2 Å². The Kier molecular flexibility index (Phi) is 3.74. The molecule has 1 saturated heterocycles. The highest BCUT2D eigenvalue weighted by Gasteiger charge is 2.19. The molecule has 1 aliphatic rings. The number of Topliss-reactive ketones (excluding diaryl/α,β-unsaturated/α-hetero) is 1. The average molecular weight is 261 g/mol. The first kappa shape index (κ1) is 13.4. The second kappa shape index (κ2) is 5.30. The Hall–Kier alpha value is -2.04. The molecule has 1 amide bonds. The lowest BCUT2D eigenvalue weighted by Crippen LogP contribution is -2.48. The van der Waals surface area contributed by atoms with Gasteiger partial charge in [-0.2, -0.15) is 0 Å². The zero-order valence-corrected chi connectivity index (χ0v) is 11.3. The van der Waals surface area contributed by atoms with Crippen LogP contribution in [0.15, 0.2) is 18.2 Å². The molecule has 102 valence electrons. The zero-order chi connectivity index (χ0) is 14.0. The van der Waals surface area contributed by atoms with Crippen LogP contribution in [0.2, 0.25) is 0 Å². The SMILES string of the molecule is CC(=O)c1cc(N2CCN(C(C)=O)CC2)ccc1N. The van der Waals surface area contributed by atoms with Gasteiger partial charge in [0, 0.05) is 50.0 Å². The molecule has 1 fully saturated rings. The normalized spacial score (nSPS) is 15.5. The number of nitrogens with zero attached hydrogens (tertiary/aromatic N) is 2. The van der Waals surface area contributed by atoms with Crippen molar-refractivity contribution in [2.75, 3.05) is 36.8 Å². The van der Waals surface area contributed by atoms with Crippen LogP contribution < -0.4 is 10.6 Å². The monoisotopic (exact) mass is 261 g/mol. The molecule has 0 atom stereocenters. The number of rotatable bonds is 2. The summed E-state index contributed by atoms with van der Waals surface area (Å²) in [6.07, 6.45) is 0. The molecule has 0 aliphatic carbocycles. The summed E-state index contributed by atoms with van der Waals surface area (Å²) in [4.78, 5) is 26.8. The second-order valence-electron chi connectivity index (χ2n) is 4.82. The summed E-state index contributed by atoms with van der Waals surface area (Å²) in [5, 5.41) is 0. The molecule has 1 aliphatic heterocycles. The third-order valence-corrected chi connectivity index (χ3v) is 3.51. The quantitative estimate of drug-likeness (QED) is 0.640. The highest BCUT2D eigenvalue weighted by molar-refractivity contribution is 6.00. The van der Waals surface area contributed by atoms with Crippen molar-refractivity contribution in [3.63, 3.8) is 0 Å². The number of carbonyl (C=O) groups is 2. The van der Waals surface area contributed by atoms with Crippen LogP contribution in [0.5, 0.6) is 0 Å². The number of ketones is 1. The van der Waals surface area contributed by atoms with Gasteiger partial charge >= 0.3 is 0 Å². The Morgan fingerprint density at radius 1 is 1.11 bits per heavy atom. The number of carbonyl (C=O) groups excluding carboxylic acids is 2. The van der Waals surface area contributed by atoms with Gasteiger partial charge in [-0.05, 0) is 25.1 Å². The van der Waals surface area contributed by atoms with Gasteiger partial charge in [0.25, 0.3) is 0 Å². The lowest BCUT2D eigenvalue weighted by atomic mass is 10.1. The lowest BCUT2D eigenvalue weighted by Gasteiger charge is -2.35. The minimum atomic E-state index is -0.0262. The van der Waals surface area contributed by atoms with Crippen LogP contribution in [-0.4, -0.2) is 42.8 Å². The van der Waals surface area contributed by atoms with E-state index in [1.54, 1.807) is 13.0 Å². The van der Waals surface area contributed by atoms with E-state index in [-0.39, 0.29) is 11.7 Å². The summed E-state index contributed by atoms with van der Waals surface area (Å²) >= 11 is 0. The van der Waals surface area contributed by atoms with Gasteiger partial charge in [0.05, 0.1) is 0 Å². The summed E-state index contributed by atoms with van der Waals surface area (Å²) in [5.74, 6) is 0.0862. The highest BCUT2D eigenvalue weighted by Crippen LogP contribution is 2.22. The molecule has 5 nitrogen and oxygen atoms in total. The van der Waals surface area contributed by atoms with Gasteiger partial charge in [-0.1, -0.05) is 0 Å². The van der Waals surface area contributed by atoms with Gasteiger partial charge in [0.1, 0.15) is 0 Å². The molecule has 0 spiro atoms. The summed E-state index contributed by atoms with van der Waals surface area (Å²) in [6.45, 7) is 6.10. The fraction of sp³-hybridized carbons (Fsp3) is 0.429. The molecule has 2 N–H and O–H groups in total. The standard InChI is InChI=1S/C14H19N3O2/c1-10(18)13-9-12(3-4-14(13)15)17-7-5-16(6-8-17)11(2)19/h3-4,9H,5-8,15H2,1-2H3. The van der Waals surface area contributed by atoms with Gasteiger partial charge in [0.2, 0.25) is 5.91 Å². The van der Waals surface area contributed by atoms with E-state index in [0.29, 0.717) is 11.3 Å². The Labute approximate surface area is 113 Å². The van der Waals surface area contributed by atoms with Crippen molar-refractivity contribution >= 4 is 23.1 Å². The van der Waals surface area contributed by atoms with Crippen LogP contribution in [0.4, 0.5) is 11.4 Å². The largest absolute Gasteiger partial charge is 0.398 e. The smallest absolute Gasteiger partial charge is 0.219 e. The van der Waals surface area contributed by atoms with Crippen molar-refractivity contribution < 1.29 is 9.59 Å². The average Bonchev–Trinajstić information content (AvgIpc) is 2.39. The maximum Gasteiger partial charge on any atom is 0.219 e. The topological polar surface area (TPSA) is 66.6 Å². The first-order valence-electron chi connectivity index (χ1n) is 6.40. The third-order valence-electron chi connectivity index (χ3n) is 3.51. The molecule has 19 heavy (non-hydrogen) atoms. The van der Waals surface area contributed by atoms with E-state index in [1.807, 2.05) is 17.0 Å².